The summed E-state index contributed by atoms with van der Waals surface area (Å²) in [6, 6.07) is 9.17. The summed E-state index contributed by atoms with van der Waals surface area (Å²) in [4.78, 5) is 13.2. The largest absolute Gasteiger partial charge is 0.494 e. The van der Waals surface area contributed by atoms with Gasteiger partial charge in [0.15, 0.2) is 0 Å². The monoisotopic (exact) mass is 472 g/mol. The molecule has 7 heteroatoms. The number of nitrogens with zero attached hydrogens (tertiary/aromatic N) is 1. The molecule has 3 rings (SSSR count). The zero-order valence-electron chi connectivity index (χ0n) is 20.6. The van der Waals surface area contributed by atoms with E-state index in [1.165, 1.54) is 15.4 Å². The molecule has 2 aromatic rings. The van der Waals surface area contributed by atoms with Crippen molar-refractivity contribution in [3.05, 3.63) is 58.1 Å². The van der Waals surface area contributed by atoms with Crippen molar-refractivity contribution in [2.45, 2.75) is 65.3 Å². The van der Waals surface area contributed by atoms with Gasteiger partial charge in [-0.2, -0.15) is 4.31 Å². The molecule has 1 aliphatic heterocycles. The molecular weight excluding hydrogens is 436 g/mol. The van der Waals surface area contributed by atoms with Crippen LogP contribution in [0.25, 0.3) is 0 Å². The van der Waals surface area contributed by atoms with Gasteiger partial charge in [0.05, 0.1) is 17.5 Å². The highest BCUT2D eigenvalue weighted by Gasteiger charge is 2.32. The lowest BCUT2D eigenvalue weighted by atomic mass is 9.94. The predicted octanol–water partition coefficient (Wildman–Crippen LogP) is 4.60. The van der Waals surface area contributed by atoms with Gasteiger partial charge >= 0.3 is 0 Å². The van der Waals surface area contributed by atoms with E-state index in [2.05, 4.69) is 38.2 Å². The summed E-state index contributed by atoms with van der Waals surface area (Å²) in [5.41, 5.74) is 5.53. The number of carbonyl (C=O) groups is 1. The van der Waals surface area contributed by atoms with Crippen LogP contribution in [0.4, 0.5) is 0 Å². The van der Waals surface area contributed by atoms with Gasteiger partial charge in [0, 0.05) is 19.0 Å². The number of nitrogens with one attached hydrogen (secondary N) is 1. The van der Waals surface area contributed by atoms with Gasteiger partial charge in [0.2, 0.25) is 15.9 Å². The van der Waals surface area contributed by atoms with Crippen LogP contribution in [0, 0.1) is 33.6 Å². The second kappa shape index (κ2) is 10.3. The third kappa shape index (κ3) is 5.58. The highest BCUT2D eigenvalue weighted by molar-refractivity contribution is 7.89. The molecule has 0 saturated carbocycles. The van der Waals surface area contributed by atoms with Gasteiger partial charge in [-0.25, -0.2) is 8.42 Å². The van der Waals surface area contributed by atoms with E-state index in [1.54, 1.807) is 18.2 Å². The SMILES string of the molecule is CCOc1ccc(S(=O)(=O)N2CCC(C(=O)N[C@@H](C)c3cc(C)c(C)cc3C)CC2)cc1C. The molecule has 1 atom stereocenters. The van der Waals surface area contributed by atoms with Gasteiger partial charge in [-0.15, -0.1) is 0 Å². The first-order valence-corrected chi connectivity index (χ1v) is 13.1. The van der Waals surface area contributed by atoms with Crippen LogP contribution in [0.1, 0.15) is 60.5 Å². The van der Waals surface area contributed by atoms with Crippen molar-refractivity contribution < 1.29 is 17.9 Å². The summed E-state index contributed by atoms with van der Waals surface area (Å²) in [6.45, 7) is 13.2. The fourth-order valence-corrected chi connectivity index (χ4v) is 6.02. The average molecular weight is 473 g/mol. The fourth-order valence-electron chi connectivity index (χ4n) is 4.47. The van der Waals surface area contributed by atoms with Crippen molar-refractivity contribution in [3.63, 3.8) is 0 Å². The van der Waals surface area contributed by atoms with Crippen LogP contribution in [0.15, 0.2) is 35.2 Å². The number of hydrogen-bond acceptors (Lipinski definition) is 4. The number of ether oxygens (including phenoxy) is 1. The number of amides is 1. The molecule has 6 nitrogen and oxygen atoms in total. The normalized spacial score (nSPS) is 16.4. The number of rotatable bonds is 7. The minimum absolute atomic E-state index is 0.00547. The van der Waals surface area contributed by atoms with Gasteiger partial charge < -0.3 is 10.1 Å². The van der Waals surface area contributed by atoms with Crippen LogP contribution in [0.5, 0.6) is 5.75 Å². The predicted molar refractivity (Wildman–Crippen MR) is 131 cm³/mol. The zero-order chi connectivity index (χ0) is 24.3. The van der Waals surface area contributed by atoms with Gasteiger partial charge in [0.25, 0.3) is 0 Å². The molecule has 2 aromatic carbocycles. The van der Waals surface area contributed by atoms with Gasteiger partial charge in [-0.05, 0) is 100 Å². The lowest BCUT2D eigenvalue weighted by Crippen LogP contribution is -2.43. The van der Waals surface area contributed by atoms with E-state index >= 15 is 0 Å². The maximum absolute atomic E-state index is 13.1. The summed E-state index contributed by atoms with van der Waals surface area (Å²) < 4.78 is 33.3. The van der Waals surface area contributed by atoms with Crippen molar-refractivity contribution in [3.8, 4) is 5.75 Å². The first-order valence-electron chi connectivity index (χ1n) is 11.7. The van der Waals surface area contributed by atoms with Crippen LogP contribution in [-0.2, 0) is 14.8 Å². The molecule has 1 saturated heterocycles. The van der Waals surface area contributed by atoms with Crippen LogP contribution in [-0.4, -0.2) is 38.3 Å². The van der Waals surface area contributed by atoms with Crippen molar-refractivity contribution in [2.24, 2.45) is 5.92 Å². The van der Waals surface area contributed by atoms with Crippen LogP contribution in [0.3, 0.4) is 0 Å². The molecule has 0 unspecified atom stereocenters. The minimum atomic E-state index is -3.60. The molecule has 33 heavy (non-hydrogen) atoms. The molecule has 1 aliphatic rings. The average Bonchev–Trinajstić information content (AvgIpc) is 2.77. The molecule has 0 aromatic heterocycles. The van der Waals surface area contributed by atoms with Gasteiger partial charge in [-0.3, -0.25) is 4.79 Å². The topological polar surface area (TPSA) is 75.7 Å². The lowest BCUT2D eigenvalue weighted by molar-refractivity contribution is -0.126. The first kappa shape index (κ1) is 25.2. The molecule has 1 amide bonds. The smallest absolute Gasteiger partial charge is 0.243 e. The Morgan fingerprint density at radius 2 is 1.67 bits per heavy atom. The molecular formula is C26H36N2O4S. The molecule has 0 spiro atoms. The highest BCUT2D eigenvalue weighted by atomic mass is 32.2. The second-order valence-corrected chi connectivity index (χ2v) is 11.0. The summed E-state index contributed by atoms with van der Waals surface area (Å²) >= 11 is 0. The Kier molecular flexibility index (Phi) is 7.85. The van der Waals surface area contributed by atoms with Crippen molar-refractivity contribution in [1.82, 2.24) is 9.62 Å². The first-order chi connectivity index (χ1) is 15.5. The minimum Gasteiger partial charge on any atom is -0.494 e. The van der Waals surface area contributed by atoms with Gasteiger partial charge in [-0.1, -0.05) is 12.1 Å². The quantitative estimate of drug-likeness (QED) is 0.639. The summed E-state index contributed by atoms with van der Waals surface area (Å²) in [5, 5.41) is 3.14. The number of benzene rings is 2. The van der Waals surface area contributed by atoms with E-state index in [-0.39, 0.29) is 22.8 Å². The molecule has 1 N–H and O–H groups in total. The molecule has 0 aliphatic carbocycles. The highest BCUT2D eigenvalue weighted by Crippen LogP contribution is 2.28. The van der Waals surface area contributed by atoms with Crippen molar-refractivity contribution in [2.75, 3.05) is 19.7 Å². The van der Waals surface area contributed by atoms with Crippen LogP contribution < -0.4 is 10.1 Å². The van der Waals surface area contributed by atoms with E-state index in [0.29, 0.717) is 38.3 Å². The number of sulfonamides is 1. The van der Waals surface area contributed by atoms with Crippen molar-refractivity contribution in [1.29, 1.82) is 0 Å². The molecule has 1 fully saturated rings. The summed E-state index contributed by atoms with van der Waals surface area (Å²) in [6.07, 6.45) is 1.03. The number of aryl methyl sites for hydroxylation is 4. The Hall–Kier alpha value is -2.38. The van der Waals surface area contributed by atoms with Gasteiger partial charge in [0.1, 0.15) is 5.75 Å². The Balaban J connectivity index is 1.62. The molecule has 0 radical (unpaired) electrons. The number of hydrogen-bond donors (Lipinski definition) is 1. The Labute approximate surface area is 198 Å². The lowest BCUT2D eigenvalue weighted by Gasteiger charge is -2.31. The maximum Gasteiger partial charge on any atom is 0.243 e. The van der Waals surface area contributed by atoms with E-state index in [1.807, 2.05) is 20.8 Å². The summed E-state index contributed by atoms with van der Waals surface area (Å²) in [5.74, 6) is 0.502. The van der Waals surface area contributed by atoms with Crippen LogP contribution in [0.2, 0.25) is 0 Å². The standard InChI is InChI=1S/C26H36N2O4S/c1-7-32-25-9-8-23(15-20(25)5)33(30,31)28-12-10-22(11-13-28)26(29)27-21(6)24-16-18(3)17(2)14-19(24)4/h8-9,14-16,21-22H,7,10-13H2,1-6H3,(H,27,29)/t21-/m0/s1. The molecule has 1 heterocycles. The third-order valence-electron chi connectivity index (χ3n) is 6.62. The maximum atomic E-state index is 13.1. The van der Waals surface area contributed by atoms with Crippen molar-refractivity contribution >= 4 is 15.9 Å². The van der Waals surface area contributed by atoms with Crippen LogP contribution >= 0.6 is 0 Å². The molecule has 180 valence electrons. The second-order valence-electron chi connectivity index (χ2n) is 9.06. The number of piperidine rings is 1. The molecule has 0 bridgehead atoms. The van der Waals surface area contributed by atoms with E-state index in [9.17, 15) is 13.2 Å². The zero-order valence-corrected chi connectivity index (χ0v) is 21.4. The van der Waals surface area contributed by atoms with E-state index < -0.39 is 10.0 Å². The third-order valence-corrected chi connectivity index (χ3v) is 8.51. The Morgan fingerprint density at radius 3 is 2.27 bits per heavy atom. The van der Waals surface area contributed by atoms with E-state index in [0.717, 1.165) is 16.7 Å². The Morgan fingerprint density at radius 1 is 1.03 bits per heavy atom. The number of carbonyl (C=O) groups excluding carboxylic acids is 1. The Bertz CT molecular complexity index is 1120. The van der Waals surface area contributed by atoms with E-state index in [4.69, 9.17) is 4.74 Å². The fraction of sp³-hybridized carbons (Fsp3) is 0.500. The summed E-state index contributed by atoms with van der Waals surface area (Å²) in [7, 11) is -3.60.